The lowest BCUT2D eigenvalue weighted by Gasteiger charge is -2.41. The Morgan fingerprint density at radius 1 is 1.00 bits per heavy atom. The van der Waals surface area contributed by atoms with E-state index in [1.807, 2.05) is 0 Å². The molecule has 1 aliphatic carbocycles. The lowest BCUT2D eigenvalue weighted by atomic mass is 9.82. The van der Waals surface area contributed by atoms with E-state index in [-0.39, 0.29) is 4.93 Å². The highest BCUT2D eigenvalue weighted by Gasteiger charge is 2.53. The zero-order valence-corrected chi connectivity index (χ0v) is 16.1. The zero-order chi connectivity index (χ0) is 16.6. The molecule has 2 nitrogen and oxygen atoms in total. The predicted molar refractivity (Wildman–Crippen MR) is 102 cm³/mol. The third-order valence-electron chi connectivity index (χ3n) is 6.67. The Hall–Kier alpha value is -0.510. The molecule has 0 N–H and O–H groups in total. The van der Waals surface area contributed by atoms with Gasteiger partial charge < -0.3 is 9.22 Å². The molecule has 132 valence electrons. The number of hydrogen-bond donors (Lipinski definition) is 0. The van der Waals surface area contributed by atoms with Crippen LogP contribution in [0.15, 0.2) is 30.3 Å². The van der Waals surface area contributed by atoms with Gasteiger partial charge in [0.15, 0.2) is 0 Å². The normalized spacial score (nSPS) is 36.9. The molecule has 0 radical (unpaired) electrons. The maximum absolute atomic E-state index is 7.04. The molecule has 0 spiro atoms. The highest BCUT2D eigenvalue weighted by atomic mass is 32.2. The SMILES string of the molecule is C[N+]1(C)CCC[C@@H]1[C@@H]1CS[C@@](c2ccccc2)(C2CCCCC2)O1. The molecule has 0 bridgehead atoms. The average Bonchev–Trinajstić information content (AvgIpc) is 3.20. The largest absolute Gasteiger partial charge is 0.349 e. The van der Waals surface area contributed by atoms with Crippen LogP contribution in [0.4, 0.5) is 0 Å². The van der Waals surface area contributed by atoms with Crippen LogP contribution in [0.2, 0.25) is 0 Å². The van der Waals surface area contributed by atoms with E-state index < -0.39 is 0 Å². The molecule has 4 rings (SSSR count). The van der Waals surface area contributed by atoms with Crippen molar-refractivity contribution in [3.8, 4) is 0 Å². The van der Waals surface area contributed by atoms with Crippen LogP contribution < -0.4 is 0 Å². The van der Waals surface area contributed by atoms with E-state index in [1.165, 1.54) is 57.1 Å². The van der Waals surface area contributed by atoms with Crippen molar-refractivity contribution in [2.75, 3.05) is 26.4 Å². The summed E-state index contributed by atoms with van der Waals surface area (Å²) in [6.45, 7) is 1.30. The fourth-order valence-electron chi connectivity index (χ4n) is 5.30. The maximum Gasteiger partial charge on any atom is 0.142 e. The Morgan fingerprint density at radius 3 is 2.42 bits per heavy atom. The number of likely N-dealkylation sites (N-methyl/N-ethyl adjacent to an activating group) is 1. The van der Waals surface area contributed by atoms with Crippen molar-refractivity contribution in [1.82, 2.24) is 0 Å². The monoisotopic (exact) mass is 346 g/mol. The van der Waals surface area contributed by atoms with Gasteiger partial charge in [-0.25, -0.2) is 0 Å². The third kappa shape index (κ3) is 2.93. The van der Waals surface area contributed by atoms with E-state index in [0.717, 1.165) is 10.2 Å². The van der Waals surface area contributed by atoms with Crippen molar-refractivity contribution in [1.29, 1.82) is 0 Å². The first kappa shape index (κ1) is 16.9. The van der Waals surface area contributed by atoms with E-state index in [1.54, 1.807) is 0 Å². The number of hydrogen-bond acceptors (Lipinski definition) is 2. The number of thioether (sulfide) groups is 1. The van der Waals surface area contributed by atoms with Crippen LogP contribution in [0.3, 0.4) is 0 Å². The minimum atomic E-state index is -0.0884. The number of rotatable bonds is 3. The number of likely N-dealkylation sites (tertiary alicyclic amines) is 1. The zero-order valence-electron chi connectivity index (χ0n) is 15.2. The van der Waals surface area contributed by atoms with Gasteiger partial charge in [0.05, 0.1) is 20.6 Å². The van der Waals surface area contributed by atoms with Gasteiger partial charge in [0.25, 0.3) is 0 Å². The molecule has 1 aromatic rings. The third-order valence-corrected chi connectivity index (χ3v) is 8.26. The standard InChI is InChI=1S/C21H32NOS/c1-22(2)15-9-14-19(22)20-16-24-21(23-20,17-10-5-3-6-11-17)18-12-7-4-8-13-18/h3,5-6,10-11,18-20H,4,7-9,12-16H2,1-2H3/q+1/t19-,20+,21+/m1/s1. The second-order valence-electron chi connectivity index (χ2n) is 8.55. The van der Waals surface area contributed by atoms with Gasteiger partial charge in [-0.05, 0) is 18.4 Å². The summed E-state index contributed by atoms with van der Waals surface area (Å²) < 4.78 is 8.18. The Bertz CT molecular complexity index is 554. The van der Waals surface area contributed by atoms with E-state index in [4.69, 9.17) is 4.74 Å². The summed E-state index contributed by atoms with van der Waals surface area (Å²) in [6, 6.07) is 11.8. The molecule has 2 saturated heterocycles. The number of ether oxygens (including phenoxy) is 1. The highest BCUT2D eigenvalue weighted by molar-refractivity contribution is 8.00. The highest BCUT2D eigenvalue weighted by Crippen LogP contribution is 2.55. The molecular formula is C21H32NOS+. The summed E-state index contributed by atoms with van der Waals surface area (Å²) in [5.74, 6) is 1.85. The van der Waals surface area contributed by atoms with Gasteiger partial charge in [-0.3, -0.25) is 0 Å². The molecule has 3 heteroatoms. The topological polar surface area (TPSA) is 9.23 Å². The van der Waals surface area contributed by atoms with Crippen LogP contribution in [0.1, 0.15) is 50.5 Å². The van der Waals surface area contributed by atoms with Gasteiger partial charge in [-0.2, -0.15) is 0 Å². The fraction of sp³-hybridized carbons (Fsp3) is 0.714. The molecule has 1 aromatic carbocycles. The number of benzene rings is 1. The van der Waals surface area contributed by atoms with Gasteiger partial charge >= 0.3 is 0 Å². The molecule has 0 unspecified atom stereocenters. The second kappa shape index (κ2) is 6.66. The summed E-state index contributed by atoms with van der Waals surface area (Å²) in [7, 11) is 4.80. The molecule has 0 aromatic heterocycles. The maximum atomic E-state index is 7.04. The van der Waals surface area contributed by atoms with Gasteiger partial charge in [0.2, 0.25) is 0 Å². The first-order chi connectivity index (χ1) is 11.6. The molecule has 3 atom stereocenters. The summed E-state index contributed by atoms with van der Waals surface area (Å²) >= 11 is 2.11. The minimum absolute atomic E-state index is 0.0884. The van der Waals surface area contributed by atoms with E-state index in [9.17, 15) is 0 Å². The first-order valence-electron chi connectivity index (χ1n) is 9.82. The minimum Gasteiger partial charge on any atom is -0.349 e. The fourth-order valence-corrected chi connectivity index (χ4v) is 6.97. The first-order valence-corrected chi connectivity index (χ1v) is 10.8. The van der Waals surface area contributed by atoms with Crippen molar-refractivity contribution in [2.24, 2.45) is 5.92 Å². The molecular weight excluding hydrogens is 314 g/mol. The smallest absolute Gasteiger partial charge is 0.142 e. The van der Waals surface area contributed by atoms with Crippen molar-refractivity contribution in [3.05, 3.63) is 35.9 Å². The number of quaternary nitrogens is 1. The van der Waals surface area contributed by atoms with E-state index in [2.05, 4.69) is 56.2 Å². The molecule has 24 heavy (non-hydrogen) atoms. The van der Waals surface area contributed by atoms with Gasteiger partial charge in [0.1, 0.15) is 17.1 Å². The summed E-state index contributed by atoms with van der Waals surface area (Å²) in [5.41, 5.74) is 1.41. The quantitative estimate of drug-likeness (QED) is 0.728. The van der Waals surface area contributed by atoms with Crippen molar-refractivity contribution >= 4 is 11.8 Å². The molecule has 1 saturated carbocycles. The Kier molecular flexibility index (Phi) is 4.70. The van der Waals surface area contributed by atoms with Gasteiger partial charge in [-0.1, -0.05) is 49.6 Å². The molecule has 3 fully saturated rings. The molecule has 2 aliphatic heterocycles. The van der Waals surface area contributed by atoms with Crippen molar-refractivity contribution < 1.29 is 9.22 Å². The second-order valence-corrected chi connectivity index (χ2v) is 9.78. The molecule has 3 aliphatic rings. The van der Waals surface area contributed by atoms with E-state index in [0.29, 0.717) is 18.1 Å². The summed E-state index contributed by atoms with van der Waals surface area (Å²) in [5, 5.41) is 0. The van der Waals surface area contributed by atoms with Crippen LogP contribution >= 0.6 is 11.8 Å². The van der Waals surface area contributed by atoms with Crippen molar-refractivity contribution in [3.63, 3.8) is 0 Å². The molecule has 2 heterocycles. The van der Waals surface area contributed by atoms with Crippen LogP contribution in [0.25, 0.3) is 0 Å². The Labute approximate surface area is 151 Å². The van der Waals surface area contributed by atoms with Crippen LogP contribution in [0, 0.1) is 5.92 Å². The lowest BCUT2D eigenvalue weighted by molar-refractivity contribution is -0.905. The molecule has 0 amide bonds. The summed E-state index contributed by atoms with van der Waals surface area (Å²) in [4.78, 5) is -0.0884. The van der Waals surface area contributed by atoms with Gasteiger partial charge in [0, 0.05) is 24.5 Å². The summed E-state index contributed by atoms with van der Waals surface area (Å²) in [6.07, 6.45) is 9.90. The Morgan fingerprint density at radius 2 is 1.75 bits per heavy atom. The van der Waals surface area contributed by atoms with Crippen LogP contribution in [0.5, 0.6) is 0 Å². The Balaban J connectivity index is 1.63. The van der Waals surface area contributed by atoms with Crippen LogP contribution in [-0.2, 0) is 9.67 Å². The number of nitrogens with zero attached hydrogens (tertiary/aromatic N) is 1. The van der Waals surface area contributed by atoms with Crippen LogP contribution in [-0.4, -0.2) is 43.0 Å². The van der Waals surface area contributed by atoms with Crippen molar-refractivity contribution in [2.45, 2.75) is 62.0 Å². The van der Waals surface area contributed by atoms with Gasteiger partial charge in [-0.15, -0.1) is 11.8 Å². The predicted octanol–water partition coefficient (Wildman–Crippen LogP) is 4.79. The average molecular weight is 347 g/mol. The lowest BCUT2D eigenvalue weighted by Crippen LogP contribution is -2.51. The van der Waals surface area contributed by atoms with E-state index >= 15 is 0 Å².